The van der Waals surface area contributed by atoms with Crippen LogP contribution in [-0.2, 0) is 4.74 Å². The second-order valence-corrected chi connectivity index (χ2v) is 5.16. The Morgan fingerprint density at radius 2 is 2.09 bits per heavy atom. The van der Waals surface area contributed by atoms with Crippen LogP contribution < -0.4 is 5.32 Å². The molecule has 9 heteroatoms. The van der Waals surface area contributed by atoms with Crippen LogP contribution in [0.15, 0.2) is 18.2 Å². The zero-order chi connectivity index (χ0) is 16.4. The summed E-state index contributed by atoms with van der Waals surface area (Å²) in [5, 5.41) is 51.7. The molecule has 1 saturated heterocycles. The fourth-order valence-electron chi connectivity index (χ4n) is 2.31. The summed E-state index contributed by atoms with van der Waals surface area (Å²) in [6.07, 6.45) is -6.31. The van der Waals surface area contributed by atoms with E-state index in [2.05, 4.69) is 5.32 Å². The molecule has 1 aliphatic rings. The molecule has 5 N–H and O–H groups in total. The summed E-state index contributed by atoms with van der Waals surface area (Å²) >= 11 is 0. The largest absolute Gasteiger partial charge is 0.394 e. The molecular formula is C13H18N2O7. The average molecular weight is 314 g/mol. The number of nitrogens with zero attached hydrogens (tertiary/aromatic N) is 1. The number of hydrogen-bond acceptors (Lipinski definition) is 8. The van der Waals surface area contributed by atoms with Gasteiger partial charge in [-0.2, -0.15) is 0 Å². The number of benzene rings is 1. The maximum absolute atomic E-state index is 10.9. The van der Waals surface area contributed by atoms with Crippen molar-refractivity contribution in [1.29, 1.82) is 0 Å². The molecule has 0 spiro atoms. The number of aryl methyl sites for hydroxylation is 1. The average Bonchev–Trinajstić information content (AvgIpc) is 2.76. The number of aliphatic hydroxyl groups excluding tert-OH is 4. The lowest BCUT2D eigenvalue weighted by atomic mass is 10.1. The smallest absolute Gasteiger partial charge is 0.274 e. The van der Waals surface area contributed by atoms with Crippen molar-refractivity contribution < 1.29 is 30.1 Å². The third kappa shape index (κ3) is 3.18. The van der Waals surface area contributed by atoms with Crippen LogP contribution in [0.25, 0.3) is 0 Å². The van der Waals surface area contributed by atoms with Crippen molar-refractivity contribution in [2.75, 3.05) is 11.9 Å². The third-order valence-corrected chi connectivity index (χ3v) is 3.58. The van der Waals surface area contributed by atoms with E-state index in [1.165, 1.54) is 12.1 Å². The first-order valence-corrected chi connectivity index (χ1v) is 6.67. The molecule has 0 aromatic heterocycles. The van der Waals surface area contributed by atoms with Gasteiger partial charge in [-0.15, -0.1) is 0 Å². The highest BCUT2D eigenvalue weighted by atomic mass is 16.6. The second kappa shape index (κ2) is 6.55. The van der Waals surface area contributed by atoms with Crippen molar-refractivity contribution in [3.05, 3.63) is 33.9 Å². The topological polar surface area (TPSA) is 145 Å². The Hall–Kier alpha value is -1.78. The minimum atomic E-state index is -1.39. The van der Waals surface area contributed by atoms with Gasteiger partial charge in [-0.3, -0.25) is 10.1 Å². The molecule has 0 saturated carbocycles. The number of nitrogens with one attached hydrogen (secondary N) is 1. The SMILES string of the molecule is Cc1ccc(N[C@H]2O[C@@H]([C@@H](O)CO)[C@@H](O)[C@@H]2O)cc1[N+](=O)[O-]. The predicted octanol–water partition coefficient (Wildman–Crippen LogP) is -0.885. The number of hydrogen-bond donors (Lipinski definition) is 5. The zero-order valence-electron chi connectivity index (χ0n) is 11.8. The molecule has 1 fully saturated rings. The highest BCUT2D eigenvalue weighted by Gasteiger charge is 2.45. The number of anilines is 1. The zero-order valence-corrected chi connectivity index (χ0v) is 11.8. The summed E-state index contributed by atoms with van der Waals surface area (Å²) in [5.74, 6) is 0. The van der Waals surface area contributed by atoms with Gasteiger partial charge in [0, 0.05) is 17.3 Å². The summed E-state index contributed by atoms with van der Waals surface area (Å²) in [4.78, 5) is 10.4. The van der Waals surface area contributed by atoms with Crippen LogP contribution in [0.3, 0.4) is 0 Å². The second-order valence-electron chi connectivity index (χ2n) is 5.16. The van der Waals surface area contributed by atoms with Gasteiger partial charge in [0.15, 0.2) is 6.23 Å². The van der Waals surface area contributed by atoms with Crippen molar-refractivity contribution in [2.24, 2.45) is 0 Å². The first kappa shape index (κ1) is 16.6. The molecule has 0 amide bonds. The lowest BCUT2D eigenvalue weighted by Gasteiger charge is -2.19. The van der Waals surface area contributed by atoms with Gasteiger partial charge in [-0.25, -0.2) is 0 Å². The summed E-state index contributed by atoms with van der Waals surface area (Å²) in [5.41, 5.74) is 0.717. The van der Waals surface area contributed by atoms with Gasteiger partial charge in [0.2, 0.25) is 0 Å². The highest BCUT2D eigenvalue weighted by molar-refractivity contribution is 5.55. The molecule has 0 aliphatic carbocycles. The summed E-state index contributed by atoms with van der Waals surface area (Å²) in [7, 11) is 0. The van der Waals surface area contributed by atoms with E-state index in [9.17, 15) is 25.4 Å². The molecule has 5 atom stereocenters. The fraction of sp³-hybridized carbons (Fsp3) is 0.538. The Labute approximate surface area is 125 Å². The van der Waals surface area contributed by atoms with Crippen LogP contribution in [0.4, 0.5) is 11.4 Å². The number of nitro groups is 1. The Morgan fingerprint density at radius 1 is 1.41 bits per heavy atom. The van der Waals surface area contributed by atoms with E-state index in [0.29, 0.717) is 11.3 Å². The van der Waals surface area contributed by atoms with E-state index >= 15 is 0 Å². The number of rotatable bonds is 5. The third-order valence-electron chi connectivity index (χ3n) is 3.58. The van der Waals surface area contributed by atoms with Crippen molar-refractivity contribution >= 4 is 11.4 Å². The standard InChI is InChI=1S/C13H18N2O7/c1-6-2-3-7(4-8(6)15(20)21)14-13-11(19)10(18)12(22-13)9(17)5-16/h2-4,9-14,16-19H,5H2,1H3/t9-,10-,11-,12-,13-/m0/s1. The molecule has 0 unspecified atom stereocenters. The van der Waals surface area contributed by atoms with Gasteiger partial charge in [0.25, 0.3) is 5.69 Å². The van der Waals surface area contributed by atoms with Gasteiger partial charge in [-0.1, -0.05) is 6.07 Å². The highest BCUT2D eigenvalue weighted by Crippen LogP contribution is 2.28. The minimum absolute atomic E-state index is 0.0926. The predicted molar refractivity (Wildman–Crippen MR) is 75.2 cm³/mol. The van der Waals surface area contributed by atoms with E-state index < -0.39 is 42.2 Å². The van der Waals surface area contributed by atoms with Crippen LogP contribution in [-0.4, -0.2) is 62.6 Å². The van der Waals surface area contributed by atoms with Crippen LogP contribution in [0, 0.1) is 17.0 Å². The fourth-order valence-corrected chi connectivity index (χ4v) is 2.31. The molecule has 0 bridgehead atoms. The number of aliphatic hydroxyl groups is 4. The van der Waals surface area contributed by atoms with Crippen LogP contribution in [0.5, 0.6) is 0 Å². The maximum Gasteiger partial charge on any atom is 0.274 e. The van der Waals surface area contributed by atoms with E-state index in [-0.39, 0.29) is 5.69 Å². The monoisotopic (exact) mass is 314 g/mol. The summed E-state index contributed by atoms with van der Waals surface area (Å²) < 4.78 is 5.28. The molecule has 1 aromatic carbocycles. The lowest BCUT2D eigenvalue weighted by molar-refractivity contribution is -0.385. The Morgan fingerprint density at radius 3 is 2.68 bits per heavy atom. The molecule has 2 rings (SSSR count). The Bertz CT molecular complexity index is 553. The van der Waals surface area contributed by atoms with Gasteiger partial charge in [0.1, 0.15) is 24.4 Å². The first-order valence-electron chi connectivity index (χ1n) is 6.67. The van der Waals surface area contributed by atoms with Gasteiger partial charge in [0.05, 0.1) is 11.5 Å². The summed E-state index contributed by atoms with van der Waals surface area (Å²) in [6.45, 7) is 0.970. The maximum atomic E-state index is 10.9. The van der Waals surface area contributed by atoms with E-state index in [4.69, 9.17) is 9.84 Å². The van der Waals surface area contributed by atoms with E-state index in [1.54, 1.807) is 13.0 Å². The van der Waals surface area contributed by atoms with E-state index in [1.807, 2.05) is 0 Å². The first-order chi connectivity index (χ1) is 10.3. The molecular weight excluding hydrogens is 296 g/mol. The lowest BCUT2D eigenvalue weighted by Crippen LogP contribution is -2.40. The van der Waals surface area contributed by atoms with Crippen LogP contribution >= 0.6 is 0 Å². The van der Waals surface area contributed by atoms with Crippen molar-refractivity contribution in [3.8, 4) is 0 Å². The van der Waals surface area contributed by atoms with Crippen molar-refractivity contribution in [1.82, 2.24) is 0 Å². The summed E-state index contributed by atoms with van der Waals surface area (Å²) in [6, 6.07) is 4.40. The quantitative estimate of drug-likeness (QED) is 0.348. The van der Waals surface area contributed by atoms with Gasteiger partial charge < -0.3 is 30.5 Å². The molecule has 122 valence electrons. The van der Waals surface area contributed by atoms with E-state index in [0.717, 1.165) is 0 Å². The molecule has 0 radical (unpaired) electrons. The Kier molecular flexibility index (Phi) is 4.94. The molecule has 1 aromatic rings. The van der Waals surface area contributed by atoms with Gasteiger partial charge >= 0.3 is 0 Å². The molecule has 1 heterocycles. The van der Waals surface area contributed by atoms with Crippen LogP contribution in [0.1, 0.15) is 5.56 Å². The molecule has 9 nitrogen and oxygen atoms in total. The molecule has 22 heavy (non-hydrogen) atoms. The van der Waals surface area contributed by atoms with Crippen LogP contribution in [0.2, 0.25) is 0 Å². The Balaban J connectivity index is 2.14. The minimum Gasteiger partial charge on any atom is -0.394 e. The number of nitro benzene ring substituents is 1. The molecule has 1 aliphatic heterocycles. The number of ether oxygens (including phenoxy) is 1. The van der Waals surface area contributed by atoms with Crippen molar-refractivity contribution in [2.45, 2.75) is 37.6 Å². The van der Waals surface area contributed by atoms with Crippen molar-refractivity contribution in [3.63, 3.8) is 0 Å². The normalized spacial score (nSPS) is 29.3. The van der Waals surface area contributed by atoms with Gasteiger partial charge in [-0.05, 0) is 13.0 Å².